The fourth-order valence-electron chi connectivity index (χ4n) is 1.78. The van der Waals surface area contributed by atoms with Crippen molar-refractivity contribution in [1.29, 1.82) is 0 Å². The van der Waals surface area contributed by atoms with Crippen LogP contribution in [-0.2, 0) is 0 Å². The van der Waals surface area contributed by atoms with Crippen molar-refractivity contribution in [2.24, 2.45) is 0 Å². The maximum Gasteiger partial charge on any atom is 0.0679 e. The molecule has 1 saturated heterocycles. The van der Waals surface area contributed by atoms with Gasteiger partial charge in [-0.3, -0.25) is 4.90 Å². The van der Waals surface area contributed by atoms with Gasteiger partial charge in [0, 0.05) is 36.9 Å². The van der Waals surface area contributed by atoms with E-state index in [0.717, 1.165) is 49.1 Å². The summed E-state index contributed by atoms with van der Waals surface area (Å²) in [6, 6.07) is 6.10. The van der Waals surface area contributed by atoms with Gasteiger partial charge in [-0.1, -0.05) is 17.7 Å². The SMILES string of the molecule is Cc1ccc(NCN2CCNCC2)cc1Cl. The minimum atomic E-state index is 0.824. The number of nitrogens with one attached hydrogen (secondary N) is 2. The lowest BCUT2D eigenvalue weighted by Gasteiger charge is -2.27. The molecule has 1 heterocycles. The van der Waals surface area contributed by atoms with Crippen molar-refractivity contribution in [2.75, 3.05) is 38.2 Å². The molecule has 4 heteroatoms. The van der Waals surface area contributed by atoms with Gasteiger partial charge in [0.15, 0.2) is 0 Å². The molecule has 16 heavy (non-hydrogen) atoms. The Morgan fingerprint density at radius 1 is 1.38 bits per heavy atom. The largest absolute Gasteiger partial charge is 0.372 e. The molecular formula is C12H18ClN3. The van der Waals surface area contributed by atoms with Gasteiger partial charge in [0.2, 0.25) is 0 Å². The summed E-state index contributed by atoms with van der Waals surface area (Å²) < 4.78 is 0. The lowest BCUT2D eigenvalue weighted by Crippen LogP contribution is -2.45. The molecule has 1 aliphatic rings. The summed E-state index contributed by atoms with van der Waals surface area (Å²) >= 11 is 6.07. The van der Waals surface area contributed by atoms with Crippen LogP contribution in [0.3, 0.4) is 0 Å². The molecule has 1 fully saturated rings. The molecule has 0 amide bonds. The predicted octanol–water partition coefficient (Wildman–Crippen LogP) is 1.92. The average Bonchev–Trinajstić information content (AvgIpc) is 2.32. The van der Waals surface area contributed by atoms with Crippen LogP contribution in [0.1, 0.15) is 5.56 Å². The van der Waals surface area contributed by atoms with E-state index < -0.39 is 0 Å². The lowest BCUT2D eigenvalue weighted by molar-refractivity contribution is 0.256. The first-order valence-corrected chi connectivity index (χ1v) is 6.06. The molecule has 0 bridgehead atoms. The van der Waals surface area contributed by atoms with E-state index in [4.69, 9.17) is 11.6 Å². The quantitative estimate of drug-likeness (QED) is 0.844. The zero-order valence-corrected chi connectivity index (χ0v) is 10.3. The first-order valence-electron chi connectivity index (χ1n) is 5.69. The van der Waals surface area contributed by atoms with Crippen LogP contribution in [-0.4, -0.2) is 37.7 Å². The molecule has 0 aliphatic carbocycles. The van der Waals surface area contributed by atoms with Crippen molar-refractivity contribution in [3.8, 4) is 0 Å². The zero-order valence-electron chi connectivity index (χ0n) is 9.59. The van der Waals surface area contributed by atoms with Crippen molar-refractivity contribution in [1.82, 2.24) is 10.2 Å². The number of hydrogen-bond donors (Lipinski definition) is 2. The molecule has 1 aromatic carbocycles. The summed E-state index contributed by atoms with van der Waals surface area (Å²) in [6.07, 6.45) is 0. The minimum absolute atomic E-state index is 0.824. The first-order chi connectivity index (χ1) is 7.75. The normalized spacial score (nSPS) is 17.4. The van der Waals surface area contributed by atoms with E-state index in [0.29, 0.717) is 0 Å². The monoisotopic (exact) mass is 239 g/mol. The highest BCUT2D eigenvalue weighted by atomic mass is 35.5. The second-order valence-corrected chi connectivity index (χ2v) is 4.57. The summed E-state index contributed by atoms with van der Waals surface area (Å²) in [5.74, 6) is 0. The number of nitrogens with zero attached hydrogens (tertiary/aromatic N) is 1. The van der Waals surface area contributed by atoms with Crippen LogP contribution in [0.15, 0.2) is 18.2 Å². The highest BCUT2D eigenvalue weighted by Crippen LogP contribution is 2.19. The van der Waals surface area contributed by atoms with Crippen molar-refractivity contribution in [3.05, 3.63) is 28.8 Å². The Kier molecular flexibility index (Phi) is 4.04. The van der Waals surface area contributed by atoms with Crippen LogP contribution < -0.4 is 10.6 Å². The molecule has 2 N–H and O–H groups in total. The second kappa shape index (κ2) is 5.53. The van der Waals surface area contributed by atoms with Gasteiger partial charge >= 0.3 is 0 Å². The molecule has 0 radical (unpaired) electrons. The number of piperazine rings is 1. The molecule has 0 atom stereocenters. The maximum absolute atomic E-state index is 6.07. The molecule has 1 aliphatic heterocycles. The number of aryl methyl sites for hydroxylation is 1. The first kappa shape index (κ1) is 11.7. The summed E-state index contributed by atoms with van der Waals surface area (Å²) in [7, 11) is 0. The van der Waals surface area contributed by atoms with Crippen molar-refractivity contribution in [3.63, 3.8) is 0 Å². The molecular weight excluding hydrogens is 222 g/mol. The zero-order chi connectivity index (χ0) is 11.4. The van der Waals surface area contributed by atoms with Gasteiger partial charge in [-0.05, 0) is 24.6 Å². The lowest BCUT2D eigenvalue weighted by atomic mass is 10.2. The highest BCUT2D eigenvalue weighted by Gasteiger charge is 2.08. The van der Waals surface area contributed by atoms with E-state index in [1.165, 1.54) is 0 Å². The van der Waals surface area contributed by atoms with E-state index in [-0.39, 0.29) is 0 Å². The van der Waals surface area contributed by atoms with E-state index in [1.807, 2.05) is 19.1 Å². The number of benzene rings is 1. The molecule has 0 unspecified atom stereocenters. The third-order valence-electron chi connectivity index (χ3n) is 2.89. The molecule has 88 valence electrons. The van der Waals surface area contributed by atoms with Gasteiger partial charge in [0.1, 0.15) is 0 Å². The van der Waals surface area contributed by atoms with E-state index in [9.17, 15) is 0 Å². The van der Waals surface area contributed by atoms with E-state index in [2.05, 4.69) is 21.6 Å². The van der Waals surface area contributed by atoms with Crippen LogP contribution in [0.25, 0.3) is 0 Å². The minimum Gasteiger partial charge on any atom is -0.372 e. The number of anilines is 1. The van der Waals surface area contributed by atoms with Crippen LogP contribution in [0.2, 0.25) is 5.02 Å². The van der Waals surface area contributed by atoms with Crippen LogP contribution in [0.5, 0.6) is 0 Å². The van der Waals surface area contributed by atoms with E-state index >= 15 is 0 Å². The van der Waals surface area contributed by atoms with Gasteiger partial charge in [0.25, 0.3) is 0 Å². The highest BCUT2D eigenvalue weighted by molar-refractivity contribution is 6.31. The van der Waals surface area contributed by atoms with Crippen LogP contribution >= 0.6 is 11.6 Å². The molecule has 0 aromatic heterocycles. The average molecular weight is 240 g/mol. The number of halogens is 1. The van der Waals surface area contributed by atoms with Gasteiger partial charge in [0.05, 0.1) is 6.67 Å². The van der Waals surface area contributed by atoms with Crippen molar-refractivity contribution in [2.45, 2.75) is 6.92 Å². The third kappa shape index (κ3) is 3.11. The third-order valence-corrected chi connectivity index (χ3v) is 3.30. The summed E-state index contributed by atoms with van der Waals surface area (Å²) in [6.45, 7) is 7.27. The van der Waals surface area contributed by atoms with Gasteiger partial charge in [-0.2, -0.15) is 0 Å². The topological polar surface area (TPSA) is 27.3 Å². The smallest absolute Gasteiger partial charge is 0.0679 e. The van der Waals surface area contributed by atoms with Gasteiger partial charge in [-0.15, -0.1) is 0 Å². The van der Waals surface area contributed by atoms with Crippen LogP contribution in [0, 0.1) is 6.92 Å². The Morgan fingerprint density at radius 2 is 2.12 bits per heavy atom. The Balaban J connectivity index is 1.86. The van der Waals surface area contributed by atoms with Gasteiger partial charge < -0.3 is 10.6 Å². The summed E-state index contributed by atoms with van der Waals surface area (Å²) in [5.41, 5.74) is 2.21. The standard InChI is InChI=1S/C12H18ClN3/c1-10-2-3-11(8-12(10)13)15-9-16-6-4-14-5-7-16/h2-3,8,14-15H,4-7,9H2,1H3. The predicted molar refractivity (Wildman–Crippen MR) is 69.1 cm³/mol. The Morgan fingerprint density at radius 3 is 2.81 bits per heavy atom. The number of hydrogen-bond acceptors (Lipinski definition) is 3. The maximum atomic E-state index is 6.07. The van der Waals surface area contributed by atoms with Crippen molar-refractivity contribution < 1.29 is 0 Å². The molecule has 3 nitrogen and oxygen atoms in total. The molecule has 2 rings (SSSR count). The van der Waals surface area contributed by atoms with Crippen LogP contribution in [0.4, 0.5) is 5.69 Å². The molecule has 1 aromatic rings. The Bertz CT molecular complexity index is 348. The Hall–Kier alpha value is -0.770. The van der Waals surface area contributed by atoms with E-state index in [1.54, 1.807) is 0 Å². The fourth-order valence-corrected chi connectivity index (χ4v) is 1.96. The summed E-state index contributed by atoms with van der Waals surface area (Å²) in [5, 5.41) is 7.56. The number of rotatable bonds is 3. The Labute approximate surface area is 102 Å². The van der Waals surface area contributed by atoms with Gasteiger partial charge in [-0.25, -0.2) is 0 Å². The second-order valence-electron chi connectivity index (χ2n) is 4.17. The fraction of sp³-hybridized carbons (Fsp3) is 0.500. The van der Waals surface area contributed by atoms with Crippen molar-refractivity contribution >= 4 is 17.3 Å². The molecule has 0 saturated carbocycles. The summed E-state index contributed by atoms with van der Waals surface area (Å²) in [4.78, 5) is 2.39. The molecule has 0 spiro atoms.